The van der Waals surface area contributed by atoms with Crippen LogP contribution in [0.15, 0.2) is 41.3 Å². The first-order valence-corrected chi connectivity index (χ1v) is 6.37. The number of ether oxygens (including phenoxy) is 1. The zero-order valence-electron chi connectivity index (χ0n) is 10.6. The zero-order valence-corrected chi connectivity index (χ0v) is 10.6. The third-order valence-corrected chi connectivity index (χ3v) is 3.62. The van der Waals surface area contributed by atoms with Gasteiger partial charge in [0.2, 0.25) is 0 Å². The fourth-order valence-electron chi connectivity index (χ4n) is 2.57. The van der Waals surface area contributed by atoms with Crippen LogP contribution < -0.4 is 10.5 Å². The average Bonchev–Trinajstić information content (AvgIpc) is 3.02. The maximum atomic E-state index is 12.8. The molecule has 3 rings (SSSR count). The van der Waals surface area contributed by atoms with Crippen LogP contribution in [0.3, 0.4) is 0 Å². The van der Waals surface area contributed by atoms with Crippen molar-refractivity contribution in [2.24, 2.45) is 11.7 Å². The molecule has 2 N–H and O–H groups in total. The van der Waals surface area contributed by atoms with Crippen LogP contribution in [0, 0.1) is 5.92 Å². The van der Waals surface area contributed by atoms with Crippen LogP contribution in [-0.2, 0) is 0 Å². The maximum absolute atomic E-state index is 12.8. The molecule has 1 aliphatic rings. The molecular weight excluding hydrogens is 245 g/mol. The number of halogens is 1. The first-order valence-electron chi connectivity index (χ1n) is 6.37. The maximum Gasteiger partial charge on any atom is 0.139 e. The Morgan fingerprint density at radius 2 is 2.32 bits per heavy atom. The standard InChI is InChI=1S/C15H16FNO2/c1-9(16)8-19-14-3-2-13-11(4-5-18-13)15(14)12-6-10(12)7-17/h2-5,10,12H,1,6-8,17H2/t10-,12+/m1/s1. The molecule has 0 radical (unpaired) electrons. The van der Waals surface area contributed by atoms with E-state index in [2.05, 4.69) is 6.58 Å². The molecule has 0 unspecified atom stereocenters. The van der Waals surface area contributed by atoms with Gasteiger partial charge in [-0.1, -0.05) is 6.58 Å². The summed E-state index contributed by atoms with van der Waals surface area (Å²) in [6, 6.07) is 5.60. The summed E-state index contributed by atoms with van der Waals surface area (Å²) in [6.45, 7) is 3.76. The number of furan rings is 1. The first-order chi connectivity index (χ1) is 9.20. The highest BCUT2D eigenvalue weighted by Crippen LogP contribution is 2.52. The number of hydrogen-bond acceptors (Lipinski definition) is 3. The van der Waals surface area contributed by atoms with Crippen molar-refractivity contribution in [2.75, 3.05) is 13.2 Å². The van der Waals surface area contributed by atoms with Gasteiger partial charge in [-0.25, -0.2) is 4.39 Å². The lowest BCUT2D eigenvalue weighted by atomic mass is 10.0. The van der Waals surface area contributed by atoms with E-state index in [0.29, 0.717) is 24.1 Å². The molecule has 3 nitrogen and oxygen atoms in total. The van der Waals surface area contributed by atoms with E-state index in [1.807, 2.05) is 18.2 Å². The molecule has 1 heterocycles. The van der Waals surface area contributed by atoms with Gasteiger partial charge in [0.1, 0.15) is 23.8 Å². The molecule has 1 fully saturated rings. The highest BCUT2D eigenvalue weighted by molar-refractivity contribution is 5.84. The smallest absolute Gasteiger partial charge is 0.139 e. The Morgan fingerprint density at radius 3 is 3.00 bits per heavy atom. The van der Waals surface area contributed by atoms with Crippen LogP contribution in [0.4, 0.5) is 4.39 Å². The molecule has 0 spiro atoms. The highest BCUT2D eigenvalue weighted by Gasteiger charge is 2.40. The third-order valence-electron chi connectivity index (χ3n) is 3.62. The summed E-state index contributed by atoms with van der Waals surface area (Å²) in [5, 5.41) is 1.03. The Bertz CT molecular complexity index is 620. The van der Waals surface area contributed by atoms with E-state index < -0.39 is 5.83 Å². The molecule has 0 aliphatic heterocycles. The molecule has 0 saturated heterocycles. The molecule has 2 atom stereocenters. The molecule has 1 aromatic carbocycles. The second-order valence-electron chi connectivity index (χ2n) is 4.95. The molecule has 100 valence electrons. The summed E-state index contributed by atoms with van der Waals surface area (Å²) in [7, 11) is 0. The minimum absolute atomic E-state index is 0.115. The Morgan fingerprint density at radius 1 is 1.47 bits per heavy atom. The van der Waals surface area contributed by atoms with Gasteiger partial charge in [-0.3, -0.25) is 0 Å². The summed E-state index contributed by atoms with van der Waals surface area (Å²) in [5.41, 5.74) is 7.62. The Hall–Kier alpha value is -1.81. The van der Waals surface area contributed by atoms with Crippen LogP contribution >= 0.6 is 0 Å². The van der Waals surface area contributed by atoms with E-state index in [4.69, 9.17) is 14.9 Å². The van der Waals surface area contributed by atoms with Gasteiger partial charge in [-0.05, 0) is 43.0 Å². The van der Waals surface area contributed by atoms with Crippen molar-refractivity contribution < 1.29 is 13.5 Å². The normalized spacial score (nSPS) is 21.6. The van der Waals surface area contributed by atoms with Crippen molar-refractivity contribution in [3.05, 3.63) is 42.4 Å². The van der Waals surface area contributed by atoms with Gasteiger partial charge in [0.05, 0.1) is 6.26 Å². The van der Waals surface area contributed by atoms with Crippen LogP contribution in [-0.4, -0.2) is 13.2 Å². The lowest BCUT2D eigenvalue weighted by molar-refractivity contribution is 0.317. The average molecular weight is 261 g/mol. The van der Waals surface area contributed by atoms with Gasteiger partial charge in [-0.15, -0.1) is 0 Å². The summed E-state index contributed by atoms with van der Waals surface area (Å²) in [6.07, 6.45) is 2.71. The summed E-state index contributed by atoms with van der Waals surface area (Å²) in [4.78, 5) is 0. The van der Waals surface area contributed by atoms with Gasteiger partial charge in [0, 0.05) is 10.9 Å². The quantitative estimate of drug-likeness (QED) is 0.897. The molecule has 1 aliphatic carbocycles. The fraction of sp³-hybridized carbons (Fsp3) is 0.333. The van der Waals surface area contributed by atoms with Gasteiger partial charge in [-0.2, -0.15) is 0 Å². The number of benzene rings is 1. The SMILES string of the molecule is C=C(F)COc1ccc2occc2c1[C@H]1C[C@@H]1CN. The number of rotatable bonds is 5. The van der Waals surface area contributed by atoms with Gasteiger partial charge in [0.15, 0.2) is 0 Å². The van der Waals surface area contributed by atoms with E-state index in [1.54, 1.807) is 6.26 Å². The number of nitrogens with two attached hydrogens (primary N) is 1. The molecule has 0 bridgehead atoms. The third kappa shape index (κ3) is 2.24. The number of fused-ring (bicyclic) bond motifs is 1. The molecule has 19 heavy (non-hydrogen) atoms. The summed E-state index contributed by atoms with van der Waals surface area (Å²) >= 11 is 0. The highest BCUT2D eigenvalue weighted by atomic mass is 19.1. The lowest BCUT2D eigenvalue weighted by Gasteiger charge is -2.11. The minimum atomic E-state index is -0.482. The van der Waals surface area contributed by atoms with Crippen LogP contribution in [0.5, 0.6) is 5.75 Å². The van der Waals surface area contributed by atoms with Gasteiger partial charge in [0.25, 0.3) is 0 Å². The largest absolute Gasteiger partial charge is 0.486 e. The van der Waals surface area contributed by atoms with E-state index in [9.17, 15) is 4.39 Å². The fourth-order valence-corrected chi connectivity index (χ4v) is 2.57. The van der Waals surface area contributed by atoms with E-state index in [-0.39, 0.29) is 6.61 Å². The van der Waals surface area contributed by atoms with Crippen LogP contribution in [0.25, 0.3) is 11.0 Å². The zero-order chi connectivity index (χ0) is 13.4. The van der Waals surface area contributed by atoms with Crippen molar-refractivity contribution in [1.29, 1.82) is 0 Å². The van der Waals surface area contributed by atoms with Crippen molar-refractivity contribution in [3.8, 4) is 5.75 Å². The second kappa shape index (κ2) is 4.70. The molecular formula is C15H16FNO2. The van der Waals surface area contributed by atoms with Crippen molar-refractivity contribution in [1.82, 2.24) is 0 Å². The van der Waals surface area contributed by atoms with Crippen molar-refractivity contribution >= 4 is 11.0 Å². The predicted octanol–water partition coefficient (Wildman–Crippen LogP) is 3.36. The van der Waals surface area contributed by atoms with Crippen molar-refractivity contribution in [3.63, 3.8) is 0 Å². The molecule has 4 heteroatoms. The van der Waals surface area contributed by atoms with Crippen LogP contribution in [0.1, 0.15) is 17.9 Å². The van der Waals surface area contributed by atoms with E-state index >= 15 is 0 Å². The Kier molecular flexibility index (Phi) is 3.03. The Balaban J connectivity index is 2.00. The molecule has 2 aromatic rings. The summed E-state index contributed by atoms with van der Waals surface area (Å²) < 4.78 is 23.7. The van der Waals surface area contributed by atoms with Crippen molar-refractivity contribution in [2.45, 2.75) is 12.3 Å². The van der Waals surface area contributed by atoms with Crippen LogP contribution in [0.2, 0.25) is 0 Å². The van der Waals surface area contributed by atoms with E-state index in [0.717, 1.165) is 23.0 Å². The molecule has 0 amide bonds. The van der Waals surface area contributed by atoms with E-state index in [1.165, 1.54) is 0 Å². The lowest BCUT2D eigenvalue weighted by Crippen LogP contribution is -2.04. The predicted molar refractivity (Wildman–Crippen MR) is 71.9 cm³/mol. The van der Waals surface area contributed by atoms with Gasteiger partial charge >= 0.3 is 0 Å². The molecule has 1 aromatic heterocycles. The summed E-state index contributed by atoms with van der Waals surface area (Å²) in [5.74, 6) is 1.09. The first kappa shape index (κ1) is 12.2. The molecule has 1 saturated carbocycles. The van der Waals surface area contributed by atoms with Gasteiger partial charge < -0.3 is 14.9 Å². The monoisotopic (exact) mass is 261 g/mol. The minimum Gasteiger partial charge on any atom is -0.486 e. The second-order valence-corrected chi connectivity index (χ2v) is 4.95. The Labute approximate surface area is 110 Å². The number of hydrogen-bond donors (Lipinski definition) is 1. The topological polar surface area (TPSA) is 48.4 Å².